The predicted octanol–water partition coefficient (Wildman–Crippen LogP) is 5.71. The molecule has 0 aliphatic heterocycles. The van der Waals surface area contributed by atoms with E-state index in [-0.39, 0.29) is 0 Å². The second-order valence-electron chi connectivity index (χ2n) is 6.36. The number of unbranched alkanes of at least 4 members (excludes halogenated alkanes) is 6. The summed E-state index contributed by atoms with van der Waals surface area (Å²) in [6.45, 7) is 9.87. The molecule has 0 aliphatic rings. The molecule has 1 aromatic carbocycles. The number of hydrogen-bond acceptors (Lipinski definition) is 1. The van der Waals surface area contributed by atoms with E-state index in [1.165, 1.54) is 61.6 Å². The van der Waals surface area contributed by atoms with Crippen LogP contribution in [-0.4, -0.2) is 9.55 Å². The van der Waals surface area contributed by atoms with Crippen LogP contribution in [0.3, 0.4) is 0 Å². The normalized spacial score (nSPS) is 11.4. The third-order valence-electron chi connectivity index (χ3n) is 4.54. The van der Waals surface area contributed by atoms with Crippen LogP contribution in [0.15, 0.2) is 12.1 Å². The van der Waals surface area contributed by atoms with Gasteiger partial charge in [0.25, 0.3) is 0 Å². The lowest BCUT2D eigenvalue weighted by molar-refractivity contribution is 0.550. The number of rotatable bonds is 8. The molecular weight excluding hydrogens is 256 g/mol. The molecule has 0 saturated heterocycles. The zero-order chi connectivity index (χ0) is 15.2. The summed E-state index contributed by atoms with van der Waals surface area (Å²) in [5.41, 5.74) is 5.16. The minimum Gasteiger partial charge on any atom is -0.328 e. The number of aryl methyl sites for hydroxylation is 4. The first kappa shape index (κ1) is 16.1. The van der Waals surface area contributed by atoms with E-state index in [1.807, 2.05) is 0 Å². The molecule has 2 heteroatoms. The van der Waals surface area contributed by atoms with Crippen molar-refractivity contribution < 1.29 is 0 Å². The van der Waals surface area contributed by atoms with Gasteiger partial charge in [0.05, 0.1) is 11.0 Å². The molecule has 1 heterocycles. The zero-order valence-electron chi connectivity index (χ0n) is 14.2. The van der Waals surface area contributed by atoms with Crippen LogP contribution in [0.2, 0.25) is 0 Å². The lowest BCUT2D eigenvalue weighted by Crippen LogP contribution is -2.00. The van der Waals surface area contributed by atoms with E-state index in [2.05, 4.69) is 44.4 Å². The van der Waals surface area contributed by atoms with E-state index >= 15 is 0 Å². The molecule has 0 aliphatic carbocycles. The van der Waals surface area contributed by atoms with Crippen molar-refractivity contribution in [3.05, 3.63) is 29.1 Å². The molecule has 1 aromatic heterocycles. The Bertz CT molecular complexity index is 581. The fourth-order valence-electron chi connectivity index (χ4n) is 3.01. The zero-order valence-corrected chi connectivity index (χ0v) is 14.2. The number of nitrogens with zero attached hydrogens (tertiary/aromatic N) is 2. The molecule has 0 saturated carbocycles. The van der Waals surface area contributed by atoms with Crippen molar-refractivity contribution in [1.29, 1.82) is 0 Å². The summed E-state index contributed by atoms with van der Waals surface area (Å²) in [5, 5.41) is 0. The van der Waals surface area contributed by atoms with E-state index in [0.717, 1.165) is 17.9 Å². The van der Waals surface area contributed by atoms with E-state index in [0.29, 0.717) is 0 Å². The lowest BCUT2D eigenvalue weighted by Gasteiger charge is -2.08. The van der Waals surface area contributed by atoms with Crippen LogP contribution in [-0.2, 0) is 6.54 Å². The molecule has 2 rings (SSSR count). The van der Waals surface area contributed by atoms with Gasteiger partial charge in [0.1, 0.15) is 5.82 Å². The highest BCUT2D eigenvalue weighted by atomic mass is 15.1. The number of aromatic nitrogens is 2. The molecule has 2 aromatic rings. The van der Waals surface area contributed by atoms with Crippen molar-refractivity contribution in [2.45, 2.75) is 79.2 Å². The van der Waals surface area contributed by atoms with Crippen LogP contribution in [0, 0.1) is 20.8 Å². The Balaban J connectivity index is 1.93. The van der Waals surface area contributed by atoms with Crippen LogP contribution in [0.1, 0.15) is 68.8 Å². The summed E-state index contributed by atoms with van der Waals surface area (Å²) < 4.78 is 2.40. The predicted molar refractivity (Wildman–Crippen MR) is 91.9 cm³/mol. The van der Waals surface area contributed by atoms with E-state index < -0.39 is 0 Å². The summed E-state index contributed by atoms with van der Waals surface area (Å²) in [6.07, 6.45) is 9.52. The van der Waals surface area contributed by atoms with Crippen molar-refractivity contribution >= 4 is 11.0 Å². The van der Waals surface area contributed by atoms with E-state index in [4.69, 9.17) is 4.98 Å². The topological polar surface area (TPSA) is 17.8 Å². The third kappa shape index (κ3) is 4.09. The van der Waals surface area contributed by atoms with Crippen molar-refractivity contribution in [2.75, 3.05) is 0 Å². The molecule has 0 radical (unpaired) electrons. The number of hydrogen-bond donors (Lipinski definition) is 0. The summed E-state index contributed by atoms with van der Waals surface area (Å²) in [4.78, 5) is 4.72. The van der Waals surface area contributed by atoms with Gasteiger partial charge in [0.2, 0.25) is 0 Å². The third-order valence-corrected chi connectivity index (χ3v) is 4.54. The van der Waals surface area contributed by atoms with Crippen molar-refractivity contribution in [2.24, 2.45) is 0 Å². The highest BCUT2D eigenvalue weighted by Crippen LogP contribution is 2.21. The number of imidazole rings is 1. The molecule has 0 N–H and O–H groups in total. The smallest absolute Gasteiger partial charge is 0.106 e. The van der Waals surface area contributed by atoms with Crippen LogP contribution >= 0.6 is 0 Å². The first-order valence-electron chi connectivity index (χ1n) is 8.57. The molecule has 116 valence electrons. The standard InChI is InChI=1S/C19H30N2/c1-5-6-7-8-9-10-11-12-21-17(4)20-18-13-15(2)16(3)14-19(18)21/h13-14H,5-12H2,1-4H3. The number of fused-ring (bicyclic) bond motifs is 1. The Morgan fingerprint density at radius 2 is 1.48 bits per heavy atom. The van der Waals surface area contributed by atoms with Gasteiger partial charge in [-0.15, -0.1) is 0 Å². The Morgan fingerprint density at radius 1 is 0.857 bits per heavy atom. The summed E-state index contributed by atoms with van der Waals surface area (Å²) in [5.74, 6) is 1.15. The maximum Gasteiger partial charge on any atom is 0.106 e. The molecule has 0 spiro atoms. The van der Waals surface area contributed by atoms with E-state index in [9.17, 15) is 0 Å². The molecule has 0 bridgehead atoms. The van der Waals surface area contributed by atoms with Gasteiger partial charge in [0, 0.05) is 6.54 Å². The van der Waals surface area contributed by atoms with Gasteiger partial charge in [-0.3, -0.25) is 0 Å². The maximum absolute atomic E-state index is 4.72. The Hall–Kier alpha value is -1.31. The molecule has 0 fully saturated rings. The Kier molecular flexibility index (Phi) is 5.84. The highest BCUT2D eigenvalue weighted by molar-refractivity contribution is 5.78. The minimum absolute atomic E-state index is 1.11. The van der Waals surface area contributed by atoms with Gasteiger partial charge in [-0.25, -0.2) is 4.98 Å². The van der Waals surface area contributed by atoms with Crippen LogP contribution in [0.25, 0.3) is 11.0 Å². The van der Waals surface area contributed by atoms with Crippen molar-refractivity contribution in [3.8, 4) is 0 Å². The van der Waals surface area contributed by atoms with Crippen LogP contribution in [0.4, 0.5) is 0 Å². The fourth-order valence-corrected chi connectivity index (χ4v) is 3.01. The monoisotopic (exact) mass is 286 g/mol. The molecule has 21 heavy (non-hydrogen) atoms. The Morgan fingerprint density at radius 3 is 2.19 bits per heavy atom. The van der Waals surface area contributed by atoms with Gasteiger partial charge < -0.3 is 4.57 Å². The molecule has 2 nitrogen and oxygen atoms in total. The first-order valence-corrected chi connectivity index (χ1v) is 8.57. The average molecular weight is 286 g/mol. The molecule has 0 amide bonds. The highest BCUT2D eigenvalue weighted by Gasteiger charge is 2.08. The minimum atomic E-state index is 1.11. The fraction of sp³-hybridized carbons (Fsp3) is 0.632. The van der Waals surface area contributed by atoms with Gasteiger partial charge in [-0.05, 0) is 50.5 Å². The van der Waals surface area contributed by atoms with Crippen LogP contribution < -0.4 is 0 Å². The van der Waals surface area contributed by atoms with Gasteiger partial charge in [-0.2, -0.15) is 0 Å². The van der Waals surface area contributed by atoms with Crippen molar-refractivity contribution in [1.82, 2.24) is 9.55 Å². The summed E-state index contributed by atoms with van der Waals surface area (Å²) in [7, 11) is 0. The summed E-state index contributed by atoms with van der Waals surface area (Å²) in [6, 6.07) is 4.52. The Labute approximate surface area is 129 Å². The second-order valence-corrected chi connectivity index (χ2v) is 6.36. The maximum atomic E-state index is 4.72. The molecular formula is C19H30N2. The van der Waals surface area contributed by atoms with Gasteiger partial charge >= 0.3 is 0 Å². The SMILES string of the molecule is CCCCCCCCCn1c(C)nc2cc(C)c(C)cc21. The van der Waals surface area contributed by atoms with Crippen LogP contribution in [0.5, 0.6) is 0 Å². The van der Waals surface area contributed by atoms with E-state index in [1.54, 1.807) is 0 Å². The van der Waals surface area contributed by atoms with Gasteiger partial charge in [0.15, 0.2) is 0 Å². The summed E-state index contributed by atoms with van der Waals surface area (Å²) >= 11 is 0. The van der Waals surface area contributed by atoms with Crippen molar-refractivity contribution in [3.63, 3.8) is 0 Å². The quantitative estimate of drug-likeness (QED) is 0.568. The van der Waals surface area contributed by atoms with Gasteiger partial charge in [-0.1, -0.05) is 45.4 Å². The largest absolute Gasteiger partial charge is 0.328 e. The molecule has 0 atom stereocenters. The first-order chi connectivity index (χ1) is 10.1. The average Bonchev–Trinajstić information content (AvgIpc) is 2.74. The second kappa shape index (κ2) is 7.63. The number of benzene rings is 1. The molecule has 0 unspecified atom stereocenters. The lowest BCUT2D eigenvalue weighted by atomic mass is 10.1.